The standard InChI is InChI=1S/C17H18N2O2S/c1-12(22-2)16(20)18-14-10-6-7-11-15(14)19-17(21)13-8-4-3-5-9-13/h3-12H,1-2H3,(H,18,20)(H,19,21). The molecule has 5 heteroatoms. The smallest absolute Gasteiger partial charge is 0.255 e. The van der Waals surface area contributed by atoms with E-state index in [0.29, 0.717) is 16.9 Å². The number of nitrogens with one attached hydrogen (secondary N) is 2. The summed E-state index contributed by atoms with van der Waals surface area (Å²) in [7, 11) is 0. The highest BCUT2D eigenvalue weighted by atomic mass is 32.2. The molecule has 2 amide bonds. The molecule has 0 aliphatic heterocycles. The molecule has 0 spiro atoms. The maximum atomic E-state index is 12.2. The van der Waals surface area contributed by atoms with E-state index < -0.39 is 0 Å². The molecule has 0 saturated carbocycles. The van der Waals surface area contributed by atoms with Crippen molar-refractivity contribution in [3.05, 3.63) is 60.2 Å². The molecule has 2 aromatic rings. The van der Waals surface area contributed by atoms with Crippen molar-refractivity contribution < 1.29 is 9.59 Å². The molecule has 0 aromatic heterocycles. The highest BCUT2D eigenvalue weighted by Gasteiger charge is 2.14. The Kier molecular flexibility index (Phi) is 5.61. The third-order valence-corrected chi connectivity index (χ3v) is 4.11. The second kappa shape index (κ2) is 7.66. The normalized spacial score (nSPS) is 11.5. The zero-order valence-corrected chi connectivity index (χ0v) is 13.3. The van der Waals surface area contributed by atoms with Crippen LogP contribution in [0.15, 0.2) is 54.6 Å². The molecule has 1 atom stereocenters. The number of anilines is 2. The van der Waals surface area contributed by atoms with Crippen molar-refractivity contribution in [2.75, 3.05) is 16.9 Å². The lowest BCUT2D eigenvalue weighted by molar-refractivity contribution is -0.115. The minimum Gasteiger partial charge on any atom is -0.323 e. The molecule has 0 bridgehead atoms. The monoisotopic (exact) mass is 314 g/mol. The van der Waals surface area contributed by atoms with Crippen molar-refractivity contribution in [2.45, 2.75) is 12.2 Å². The van der Waals surface area contributed by atoms with Crippen LogP contribution in [0, 0.1) is 0 Å². The van der Waals surface area contributed by atoms with E-state index in [9.17, 15) is 9.59 Å². The summed E-state index contributed by atoms with van der Waals surface area (Å²) in [4.78, 5) is 24.2. The number of para-hydroxylation sites is 2. The summed E-state index contributed by atoms with van der Waals surface area (Å²) in [5.41, 5.74) is 1.75. The Morgan fingerprint density at radius 1 is 0.909 bits per heavy atom. The van der Waals surface area contributed by atoms with Gasteiger partial charge in [-0.05, 0) is 37.4 Å². The van der Waals surface area contributed by atoms with Gasteiger partial charge in [-0.1, -0.05) is 30.3 Å². The van der Waals surface area contributed by atoms with E-state index in [4.69, 9.17) is 0 Å². The van der Waals surface area contributed by atoms with Gasteiger partial charge in [-0.25, -0.2) is 0 Å². The molecular formula is C17H18N2O2S. The molecule has 2 N–H and O–H groups in total. The zero-order valence-electron chi connectivity index (χ0n) is 12.5. The van der Waals surface area contributed by atoms with Crippen LogP contribution in [0.5, 0.6) is 0 Å². The second-order valence-electron chi connectivity index (χ2n) is 4.73. The summed E-state index contributed by atoms with van der Waals surface area (Å²) in [6.45, 7) is 1.84. The number of carbonyl (C=O) groups excluding carboxylic acids is 2. The number of amides is 2. The predicted molar refractivity (Wildman–Crippen MR) is 92.4 cm³/mol. The van der Waals surface area contributed by atoms with Crippen molar-refractivity contribution in [1.82, 2.24) is 0 Å². The first kappa shape index (κ1) is 16.1. The van der Waals surface area contributed by atoms with Gasteiger partial charge < -0.3 is 10.6 Å². The van der Waals surface area contributed by atoms with E-state index in [1.807, 2.05) is 43.5 Å². The first-order chi connectivity index (χ1) is 10.6. The number of benzene rings is 2. The van der Waals surface area contributed by atoms with E-state index in [1.165, 1.54) is 11.8 Å². The Balaban J connectivity index is 2.15. The minimum absolute atomic E-state index is 0.0890. The zero-order chi connectivity index (χ0) is 15.9. The summed E-state index contributed by atoms with van der Waals surface area (Å²) in [6, 6.07) is 16.1. The Bertz CT molecular complexity index is 659. The molecule has 2 aromatic carbocycles. The van der Waals surface area contributed by atoms with E-state index in [2.05, 4.69) is 10.6 Å². The maximum absolute atomic E-state index is 12.2. The van der Waals surface area contributed by atoms with Gasteiger partial charge in [0, 0.05) is 5.56 Å². The van der Waals surface area contributed by atoms with Gasteiger partial charge in [0.25, 0.3) is 5.91 Å². The van der Waals surface area contributed by atoms with Gasteiger partial charge in [0.2, 0.25) is 5.91 Å². The van der Waals surface area contributed by atoms with Gasteiger partial charge in [0.05, 0.1) is 16.6 Å². The van der Waals surface area contributed by atoms with Gasteiger partial charge in [-0.3, -0.25) is 9.59 Å². The second-order valence-corrected chi connectivity index (χ2v) is 5.91. The van der Waals surface area contributed by atoms with Crippen molar-refractivity contribution in [3.63, 3.8) is 0 Å². The summed E-state index contributed by atoms with van der Waals surface area (Å²) in [6.07, 6.45) is 1.88. The fourth-order valence-electron chi connectivity index (χ4n) is 1.83. The Labute approximate surface area is 134 Å². The number of hydrogen-bond acceptors (Lipinski definition) is 3. The lowest BCUT2D eigenvalue weighted by Gasteiger charge is -2.14. The lowest BCUT2D eigenvalue weighted by atomic mass is 10.2. The van der Waals surface area contributed by atoms with Crippen LogP contribution >= 0.6 is 11.8 Å². The molecular weight excluding hydrogens is 296 g/mol. The van der Waals surface area contributed by atoms with Gasteiger partial charge in [0.1, 0.15) is 0 Å². The highest BCUT2D eigenvalue weighted by molar-refractivity contribution is 7.99. The summed E-state index contributed by atoms with van der Waals surface area (Å²) < 4.78 is 0. The van der Waals surface area contributed by atoms with E-state index in [-0.39, 0.29) is 17.1 Å². The van der Waals surface area contributed by atoms with Crippen LogP contribution in [-0.4, -0.2) is 23.3 Å². The van der Waals surface area contributed by atoms with E-state index in [1.54, 1.807) is 24.3 Å². The molecule has 0 fully saturated rings. The Morgan fingerprint density at radius 3 is 2.05 bits per heavy atom. The Hall–Kier alpha value is -2.27. The average molecular weight is 314 g/mol. The first-order valence-corrected chi connectivity index (χ1v) is 8.19. The molecule has 0 heterocycles. The Morgan fingerprint density at radius 2 is 1.45 bits per heavy atom. The molecule has 0 aliphatic carbocycles. The van der Waals surface area contributed by atoms with Crippen molar-refractivity contribution in [3.8, 4) is 0 Å². The number of rotatable bonds is 5. The maximum Gasteiger partial charge on any atom is 0.255 e. The van der Waals surface area contributed by atoms with Crippen molar-refractivity contribution in [2.24, 2.45) is 0 Å². The van der Waals surface area contributed by atoms with Crippen LogP contribution in [0.1, 0.15) is 17.3 Å². The van der Waals surface area contributed by atoms with Crippen LogP contribution in [-0.2, 0) is 4.79 Å². The summed E-state index contributed by atoms with van der Waals surface area (Å²) in [5.74, 6) is -0.297. The first-order valence-electron chi connectivity index (χ1n) is 6.91. The van der Waals surface area contributed by atoms with Gasteiger partial charge in [-0.15, -0.1) is 0 Å². The topological polar surface area (TPSA) is 58.2 Å². The predicted octanol–water partition coefficient (Wildman–Crippen LogP) is 3.63. The van der Waals surface area contributed by atoms with Crippen LogP contribution in [0.4, 0.5) is 11.4 Å². The molecule has 1 unspecified atom stereocenters. The third-order valence-electron chi connectivity index (χ3n) is 3.19. The van der Waals surface area contributed by atoms with Crippen LogP contribution in [0.25, 0.3) is 0 Å². The third kappa shape index (κ3) is 4.11. The highest BCUT2D eigenvalue weighted by Crippen LogP contribution is 2.22. The van der Waals surface area contributed by atoms with Crippen molar-refractivity contribution in [1.29, 1.82) is 0 Å². The molecule has 2 rings (SSSR count). The summed E-state index contributed by atoms with van der Waals surface area (Å²) >= 11 is 1.47. The molecule has 0 aliphatic rings. The molecule has 22 heavy (non-hydrogen) atoms. The number of hydrogen-bond donors (Lipinski definition) is 2. The van der Waals surface area contributed by atoms with Crippen LogP contribution in [0.2, 0.25) is 0 Å². The van der Waals surface area contributed by atoms with E-state index >= 15 is 0 Å². The van der Waals surface area contributed by atoms with Gasteiger partial charge in [-0.2, -0.15) is 11.8 Å². The average Bonchev–Trinajstić information content (AvgIpc) is 2.56. The minimum atomic E-state index is -0.208. The van der Waals surface area contributed by atoms with Crippen LogP contribution in [0.3, 0.4) is 0 Å². The largest absolute Gasteiger partial charge is 0.323 e. The fourth-order valence-corrected chi connectivity index (χ4v) is 2.10. The lowest BCUT2D eigenvalue weighted by Crippen LogP contribution is -2.23. The number of thioether (sulfide) groups is 1. The fraction of sp³-hybridized carbons (Fsp3) is 0.176. The van der Waals surface area contributed by atoms with Crippen molar-refractivity contribution >= 4 is 35.0 Å². The van der Waals surface area contributed by atoms with Gasteiger partial charge in [0.15, 0.2) is 0 Å². The quantitative estimate of drug-likeness (QED) is 0.886. The summed E-state index contributed by atoms with van der Waals surface area (Å²) in [5, 5.41) is 5.52. The molecule has 114 valence electrons. The van der Waals surface area contributed by atoms with E-state index in [0.717, 1.165) is 0 Å². The molecule has 0 saturated heterocycles. The molecule has 4 nitrogen and oxygen atoms in total. The molecule has 0 radical (unpaired) electrons. The number of carbonyl (C=O) groups is 2. The van der Waals surface area contributed by atoms with Crippen LogP contribution < -0.4 is 10.6 Å². The SMILES string of the molecule is CSC(C)C(=O)Nc1ccccc1NC(=O)c1ccccc1. The van der Waals surface area contributed by atoms with Gasteiger partial charge >= 0.3 is 0 Å².